The van der Waals surface area contributed by atoms with Crippen LogP contribution in [0.4, 0.5) is 17.6 Å². The van der Waals surface area contributed by atoms with Crippen LogP contribution in [0.5, 0.6) is 0 Å². The van der Waals surface area contributed by atoms with E-state index in [1.807, 2.05) is 0 Å². The number of nitrogens with one attached hydrogen (secondary N) is 2. The lowest BCUT2D eigenvalue weighted by molar-refractivity contribution is -0.143. The number of piperidine rings is 2. The number of halogens is 4. The number of ether oxygens (including phenoxy) is 2. The summed E-state index contributed by atoms with van der Waals surface area (Å²) in [6.45, 7) is 0. The molecule has 0 aliphatic carbocycles. The Hall–Kier alpha value is -1.42. The van der Waals surface area contributed by atoms with Gasteiger partial charge in [-0.25, -0.2) is 17.6 Å². The lowest BCUT2D eigenvalue weighted by atomic mass is 9.89. The summed E-state index contributed by atoms with van der Waals surface area (Å²) in [4.78, 5) is 22.1. The van der Waals surface area contributed by atoms with Gasteiger partial charge in [0.2, 0.25) is 0 Å². The van der Waals surface area contributed by atoms with Crippen molar-refractivity contribution in [3.63, 3.8) is 0 Å². The second-order valence-corrected chi connectivity index (χ2v) is 9.00. The number of hydrogen-bond acceptors (Lipinski definition) is 6. The minimum Gasteiger partial charge on any atom is -0.469 e. The molecular formula is C20H30F4N2O4. The SMILES string of the molecule is COC(=O)C[C@@H]1C[C@@H]2CC(F)(F)[C@H](C1)N2.COC(=O)C[C@H]1C[C@H]2CC(F)(F)[C@@H](C1)N2. The highest BCUT2D eigenvalue weighted by atomic mass is 19.3. The average Bonchev–Trinajstić information content (AvgIpc) is 3.00. The first kappa shape index (κ1) is 23.2. The first-order valence-electron chi connectivity index (χ1n) is 10.4. The van der Waals surface area contributed by atoms with E-state index in [1.54, 1.807) is 0 Å². The Morgan fingerprint density at radius 2 is 1.13 bits per heavy atom. The third-order valence-electron chi connectivity index (χ3n) is 6.67. The van der Waals surface area contributed by atoms with Crippen molar-refractivity contribution in [1.82, 2.24) is 10.6 Å². The molecule has 0 amide bonds. The van der Waals surface area contributed by atoms with Crippen molar-refractivity contribution in [3.8, 4) is 0 Å². The van der Waals surface area contributed by atoms with Crippen LogP contribution in [0.15, 0.2) is 0 Å². The monoisotopic (exact) mass is 438 g/mol. The first-order chi connectivity index (χ1) is 14.0. The van der Waals surface area contributed by atoms with Gasteiger partial charge in [-0.15, -0.1) is 0 Å². The standard InChI is InChI=1S/2C10H15F2NO2/c2*1-15-9(14)4-6-2-7-5-10(11,12)8(3-6)13-7/h2*6-8,13H,2-5H2,1H3/t2*6-,7-,8+/m10/s1. The summed E-state index contributed by atoms with van der Waals surface area (Å²) in [6.07, 6.45) is 2.41. The van der Waals surface area contributed by atoms with Crippen LogP contribution < -0.4 is 10.6 Å². The molecule has 4 bridgehead atoms. The Morgan fingerprint density at radius 1 is 0.767 bits per heavy atom. The van der Waals surface area contributed by atoms with Crippen molar-refractivity contribution in [1.29, 1.82) is 0 Å². The Balaban J connectivity index is 0.000000171. The van der Waals surface area contributed by atoms with E-state index in [4.69, 9.17) is 0 Å². The predicted molar refractivity (Wildman–Crippen MR) is 99.3 cm³/mol. The van der Waals surface area contributed by atoms with Crippen LogP contribution in [-0.4, -0.2) is 62.2 Å². The molecule has 0 unspecified atom stereocenters. The molecule has 2 N–H and O–H groups in total. The second-order valence-electron chi connectivity index (χ2n) is 9.00. The zero-order valence-electron chi connectivity index (χ0n) is 17.3. The molecule has 4 saturated heterocycles. The Kier molecular flexibility index (Phi) is 6.96. The van der Waals surface area contributed by atoms with Crippen molar-refractivity contribution in [2.75, 3.05) is 14.2 Å². The fraction of sp³-hybridized carbons (Fsp3) is 0.900. The van der Waals surface area contributed by atoms with Crippen molar-refractivity contribution >= 4 is 11.9 Å². The fourth-order valence-corrected chi connectivity index (χ4v) is 5.29. The van der Waals surface area contributed by atoms with Gasteiger partial charge in [0.25, 0.3) is 11.8 Å². The minimum absolute atomic E-state index is 0.0436. The summed E-state index contributed by atoms with van der Waals surface area (Å²) in [5.74, 6) is -5.72. The highest BCUT2D eigenvalue weighted by Gasteiger charge is 2.53. The summed E-state index contributed by atoms with van der Waals surface area (Å²) < 4.78 is 62.4. The Bertz CT molecular complexity index is 594. The normalized spacial score (nSPS) is 37.7. The van der Waals surface area contributed by atoms with E-state index >= 15 is 0 Å². The molecule has 10 heteroatoms. The van der Waals surface area contributed by atoms with Crippen LogP contribution in [0.25, 0.3) is 0 Å². The highest BCUT2D eigenvalue weighted by molar-refractivity contribution is 5.69. The van der Waals surface area contributed by atoms with E-state index < -0.39 is 23.9 Å². The second kappa shape index (κ2) is 8.98. The summed E-state index contributed by atoms with van der Waals surface area (Å²) in [5.41, 5.74) is 0. The van der Waals surface area contributed by atoms with Gasteiger partial charge >= 0.3 is 11.9 Å². The van der Waals surface area contributed by atoms with Crippen LogP contribution in [0.3, 0.4) is 0 Å². The van der Waals surface area contributed by atoms with Crippen LogP contribution in [0, 0.1) is 11.8 Å². The van der Waals surface area contributed by atoms with Crippen LogP contribution >= 0.6 is 0 Å². The molecule has 6 nitrogen and oxygen atoms in total. The number of rotatable bonds is 4. The van der Waals surface area contributed by atoms with E-state index in [0.29, 0.717) is 25.7 Å². The van der Waals surface area contributed by atoms with Crippen molar-refractivity contribution < 1.29 is 36.6 Å². The van der Waals surface area contributed by atoms with E-state index in [0.717, 1.165) is 0 Å². The van der Waals surface area contributed by atoms with Crippen molar-refractivity contribution in [3.05, 3.63) is 0 Å². The number of methoxy groups -OCH3 is 2. The zero-order chi connectivity index (χ0) is 22.1. The molecule has 172 valence electrons. The molecule has 6 atom stereocenters. The molecule has 0 saturated carbocycles. The molecule has 4 fully saturated rings. The molecule has 4 aliphatic rings. The smallest absolute Gasteiger partial charge is 0.305 e. The predicted octanol–water partition coefficient (Wildman–Crippen LogP) is 2.65. The third kappa shape index (κ3) is 5.43. The van der Waals surface area contributed by atoms with Crippen molar-refractivity contribution in [2.24, 2.45) is 11.8 Å². The van der Waals surface area contributed by atoms with Gasteiger partial charge < -0.3 is 20.1 Å². The molecule has 0 spiro atoms. The molecule has 0 radical (unpaired) electrons. The van der Waals surface area contributed by atoms with Crippen LogP contribution in [0.1, 0.15) is 51.4 Å². The van der Waals surface area contributed by atoms with Gasteiger partial charge in [-0.3, -0.25) is 9.59 Å². The Morgan fingerprint density at radius 3 is 1.43 bits per heavy atom. The van der Waals surface area contributed by atoms with Crippen LogP contribution in [0.2, 0.25) is 0 Å². The number of alkyl halides is 4. The number of carbonyl (C=O) groups excluding carboxylic acids is 2. The first-order valence-corrected chi connectivity index (χ1v) is 10.4. The lowest BCUT2D eigenvalue weighted by Crippen LogP contribution is -2.43. The number of hydrogen-bond donors (Lipinski definition) is 2. The molecule has 30 heavy (non-hydrogen) atoms. The number of esters is 2. The average molecular weight is 438 g/mol. The molecule has 0 aromatic carbocycles. The van der Waals surface area contributed by atoms with Gasteiger partial charge in [0.1, 0.15) is 0 Å². The largest absolute Gasteiger partial charge is 0.469 e. The van der Waals surface area contributed by atoms with Gasteiger partial charge in [-0.1, -0.05) is 0 Å². The van der Waals surface area contributed by atoms with Gasteiger partial charge in [0.15, 0.2) is 0 Å². The van der Waals surface area contributed by atoms with Gasteiger partial charge in [-0.2, -0.15) is 0 Å². The third-order valence-corrected chi connectivity index (χ3v) is 6.67. The molecule has 4 heterocycles. The highest BCUT2D eigenvalue weighted by Crippen LogP contribution is 2.43. The van der Waals surface area contributed by atoms with Crippen molar-refractivity contribution in [2.45, 2.75) is 87.4 Å². The van der Waals surface area contributed by atoms with E-state index in [9.17, 15) is 27.2 Å². The summed E-state index contributed by atoms with van der Waals surface area (Å²) in [6, 6.07) is -1.75. The summed E-state index contributed by atoms with van der Waals surface area (Å²) >= 11 is 0. The minimum atomic E-state index is -2.60. The molecular weight excluding hydrogens is 408 g/mol. The lowest BCUT2D eigenvalue weighted by Gasteiger charge is -2.28. The molecule has 0 aromatic heterocycles. The topological polar surface area (TPSA) is 76.7 Å². The number of fused-ring (bicyclic) bond motifs is 4. The fourth-order valence-electron chi connectivity index (χ4n) is 5.29. The van der Waals surface area contributed by atoms with Crippen LogP contribution in [-0.2, 0) is 19.1 Å². The zero-order valence-corrected chi connectivity index (χ0v) is 17.3. The molecule has 4 aliphatic heterocycles. The molecule has 0 aromatic rings. The maximum atomic E-state index is 13.3. The van der Waals surface area contributed by atoms with E-state index in [2.05, 4.69) is 20.1 Å². The number of carbonyl (C=O) groups is 2. The Labute approximate surface area is 173 Å². The van der Waals surface area contributed by atoms with Gasteiger partial charge in [0, 0.05) is 37.8 Å². The van der Waals surface area contributed by atoms with E-state index in [1.165, 1.54) is 14.2 Å². The van der Waals surface area contributed by atoms with Gasteiger partial charge in [-0.05, 0) is 37.5 Å². The quantitative estimate of drug-likeness (QED) is 0.519. The van der Waals surface area contributed by atoms with Gasteiger partial charge in [0.05, 0.1) is 26.3 Å². The molecule has 4 rings (SSSR count). The van der Waals surface area contributed by atoms with E-state index in [-0.39, 0.29) is 61.5 Å². The maximum absolute atomic E-state index is 13.3. The maximum Gasteiger partial charge on any atom is 0.305 e. The summed E-state index contributed by atoms with van der Waals surface area (Å²) in [5, 5.41) is 5.80. The summed E-state index contributed by atoms with van der Waals surface area (Å²) in [7, 11) is 2.65.